The smallest absolute Gasteiger partial charge is 0.129 e. The van der Waals surface area contributed by atoms with E-state index in [1.54, 1.807) is 0 Å². The zero-order chi connectivity index (χ0) is 10.3. The molecule has 0 saturated carbocycles. The van der Waals surface area contributed by atoms with Gasteiger partial charge >= 0.3 is 0 Å². The van der Waals surface area contributed by atoms with Gasteiger partial charge in [-0.05, 0) is 30.0 Å². The summed E-state index contributed by atoms with van der Waals surface area (Å²) >= 11 is 0. The number of hydrogen-bond donors (Lipinski definition) is 1. The topological polar surface area (TPSA) is 12.0 Å². The second-order valence-corrected chi connectivity index (χ2v) is 3.92. The molecule has 1 aliphatic heterocycles. The minimum atomic E-state index is -0.496. The van der Waals surface area contributed by atoms with Crippen molar-refractivity contribution in [1.29, 1.82) is 0 Å². The second kappa shape index (κ2) is 3.31. The number of rotatable bonds is 0. The van der Waals surface area contributed by atoms with Crippen molar-refractivity contribution >= 4 is 0 Å². The van der Waals surface area contributed by atoms with Crippen molar-refractivity contribution in [2.75, 3.05) is 6.54 Å². The van der Waals surface area contributed by atoms with Gasteiger partial charge in [0.15, 0.2) is 0 Å². The van der Waals surface area contributed by atoms with Crippen LogP contribution in [0.5, 0.6) is 0 Å². The fourth-order valence-electron chi connectivity index (χ4n) is 2.05. The SMILES string of the molecule is CC1CNC(C)c2cc(F)cc(F)c21. The van der Waals surface area contributed by atoms with Crippen LogP contribution in [-0.2, 0) is 0 Å². The molecule has 2 rings (SSSR count). The van der Waals surface area contributed by atoms with E-state index in [9.17, 15) is 8.78 Å². The Labute approximate surface area is 82.1 Å². The summed E-state index contributed by atoms with van der Waals surface area (Å²) in [5.74, 6) is -0.799. The first-order chi connectivity index (χ1) is 6.59. The lowest BCUT2D eigenvalue weighted by atomic mass is 9.88. The highest BCUT2D eigenvalue weighted by Crippen LogP contribution is 2.32. The predicted octanol–water partition coefficient (Wildman–Crippen LogP) is 2.73. The monoisotopic (exact) mass is 197 g/mol. The molecule has 1 aliphatic rings. The van der Waals surface area contributed by atoms with E-state index in [2.05, 4.69) is 5.32 Å². The Bertz CT molecular complexity index is 363. The zero-order valence-electron chi connectivity index (χ0n) is 8.27. The molecule has 1 N–H and O–H groups in total. The van der Waals surface area contributed by atoms with Gasteiger partial charge in [0, 0.05) is 18.7 Å². The molecule has 2 unspecified atom stereocenters. The van der Waals surface area contributed by atoms with Crippen LogP contribution >= 0.6 is 0 Å². The van der Waals surface area contributed by atoms with Gasteiger partial charge in [-0.15, -0.1) is 0 Å². The van der Waals surface area contributed by atoms with Crippen LogP contribution in [0.2, 0.25) is 0 Å². The van der Waals surface area contributed by atoms with Crippen molar-refractivity contribution in [3.8, 4) is 0 Å². The largest absolute Gasteiger partial charge is 0.310 e. The third kappa shape index (κ3) is 1.42. The van der Waals surface area contributed by atoms with Crippen molar-refractivity contribution in [3.63, 3.8) is 0 Å². The molecule has 0 radical (unpaired) electrons. The van der Waals surface area contributed by atoms with Crippen LogP contribution in [0.3, 0.4) is 0 Å². The summed E-state index contributed by atoms with van der Waals surface area (Å²) in [6, 6.07) is 2.42. The average molecular weight is 197 g/mol. The normalized spacial score (nSPS) is 26.0. The third-order valence-electron chi connectivity index (χ3n) is 2.82. The van der Waals surface area contributed by atoms with E-state index >= 15 is 0 Å². The maximum absolute atomic E-state index is 13.5. The molecule has 0 aromatic heterocycles. The van der Waals surface area contributed by atoms with Gasteiger partial charge < -0.3 is 5.32 Å². The Morgan fingerprint density at radius 1 is 1.29 bits per heavy atom. The lowest BCUT2D eigenvalue weighted by Crippen LogP contribution is -2.31. The minimum Gasteiger partial charge on any atom is -0.310 e. The summed E-state index contributed by atoms with van der Waals surface area (Å²) in [7, 11) is 0. The average Bonchev–Trinajstić information content (AvgIpc) is 2.10. The van der Waals surface area contributed by atoms with E-state index in [0.29, 0.717) is 5.56 Å². The Kier molecular flexibility index (Phi) is 2.27. The molecular formula is C11H13F2N. The van der Waals surface area contributed by atoms with Crippen LogP contribution in [-0.4, -0.2) is 6.54 Å². The Hall–Kier alpha value is -0.960. The maximum Gasteiger partial charge on any atom is 0.129 e. The highest BCUT2D eigenvalue weighted by molar-refractivity contribution is 5.36. The first-order valence-electron chi connectivity index (χ1n) is 4.82. The Morgan fingerprint density at radius 3 is 2.71 bits per heavy atom. The van der Waals surface area contributed by atoms with Crippen molar-refractivity contribution in [1.82, 2.24) is 5.32 Å². The molecule has 0 bridgehead atoms. The van der Waals surface area contributed by atoms with Crippen LogP contribution in [0, 0.1) is 11.6 Å². The molecular weight excluding hydrogens is 184 g/mol. The summed E-state index contributed by atoms with van der Waals surface area (Å²) in [6.45, 7) is 4.61. The zero-order valence-corrected chi connectivity index (χ0v) is 8.27. The molecule has 0 amide bonds. The molecule has 1 aromatic rings. The van der Waals surface area contributed by atoms with Crippen LogP contribution < -0.4 is 5.32 Å². The molecule has 1 nitrogen and oxygen atoms in total. The summed E-state index contributed by atoms with van der Waals surface area (Å²) in [5, 5.41) is 3.21. The summed E-state index contributed by atoms with van der Waals surface area (Å²) in [4.78, 5) is 0. The molecule has 1 heterocycles. The summed E-state index contributed by atoms with van der Waals surface area (Å²) in [6.07, 6.45) is 0. The van der Waals surface area contributed by atoms with Gasteiger partial charge in [-0.2, -0.15) is 0 Å². The van der Waals surface area contributed by atoms with E-state index in [1.165, 1.54) is 6.07 Å². The molecule has 76 valence electrons. The van der Waals surface area contributed by atoms with Gasteiger partial charge in [0.2, 0.25) is 0 Å². The Morgan fingerprint density at radius 2 is 2.00 bits per heavy atom. The molecule has 1 aromatic carbocycles. The summed E-state index contributed by atoms with van der Waals surface area (Å²) < 4.78 is 26.5. The van der Waals surface area contributed by atoms with E-state index in [4.69, 9.17) is 0 Å². The van der Waals surface area contributed by atoms with Gasteiger partial charge in [0.05, 0.1) is 0 Å². The quantitative estimate of drug-likeness (QED) is 0.674. The van der Waals surface area contributed by atoms with Gasteiger partial charge in [0.1, 0.15) is 11.6 Å². The lowest BCUT2D eigenvalue weighted by Gasteiger charge is -2.29. The maximum atomic E-state index is 13.5. The van der Waals surface area contributed by atoms with Gasteiger partial charge in [-0.1, -0.05) is 6.92 Å². The molecule has 0 fully saturated rings. The van der Waals surface area contributed by atoms with E-state index in [0.717, 1.165) is 18.2 Å². The Balaban J connectivity index is 2.60. The number of fused-ring (bicyclic) bond motifs is 1. The summed E-state index contributed by atoms with van der Waals surface area (Å²) in [5.41, 5.74) is 1.42. The predicted molar refractivity (Wildman–Crippen MR) is 51.2 cm³/mol. The molecule has 2 atom stereocenters. The minimum absolute atomic E-state index is 0.0337. The molecule has 0 spiro atoms. The van der Waals surface area contributed by atoms with E-state index in [-0.39, 0.29) is 12.0 Å². The fourth-order valence-corrected chi connectivity index (χ4v) is 2.05. The van der Waals surface area contributed by atoms with Crippen LogP contribution in [0.25, 0.3) is 0 Å². The molecule has 0 aliphatic carbocycles. The number of benzene rings is 1. The number of hydrogen-bond acceptors (Lipinski definition) is 1. The van der Waals surface area contributed by atoms with Crippen molar-refractivity contribution in [2.24, 2.45) is 0 Å². The standard InChI is InChI=1S/C11H13F2N/c1-6-5-14-7(2)9-3-8(12)4-10(13)11(6)9/h3-4,6-7,14H,5H2,1-2H3. The highest BCUT2D eigenvalue weighted by atomic mass is 19.1. The number of nitrogens with one attached hydrogen (secondary N) is 1. The van der Waals surface area contributed by atoms with Crippen molar-refractivity contribution in [3.05, 3.63) is 34.9 Å². The third-order valence-corrected chi connectivity index (χ3v) is 2.82. The van der Waals surface area contributed by atoms with E-state index in [1.807, 2.05) is 13.8 Å². The molecule has 14 heavy (non-hydrogen) atoms. The number of halogens is 2. The van der Waals surface area contributed by atoms with Crippen molar-refractivity contribution < 1.29 is 8.78 Å². The molecule has 0 saturated heterocycles. The highest BCUT2D eigenvalue weighted by Gasteiger charge is 2.25. The fraction of sp³-hybridized carbons (Fsp3) is 0.455. The second-order valence-electron chi connectivity index (χ2n) is 3.92. The van der Waals surface area contributed by atoms with Crippen LogP contribution in [0.15, 0.2) is 12.1 Å². The van der Waals surface area contributed by atoms with Crippen molar-refractivity contribution in [2.45, 2.75) is 25.8 Å². The van der Waals surface area contributed by atoms with Gasteiger partial charge in [-0.25, -0.2) is 8.78 Å². The first kappa shape index (κ1) is 9.59. The first-order valence-corrected chi connectivity index (χ1v) is 4.82. The lowest BCUT2D eigenvalue weighted by molar-refractivity contribution is 0.462. The van der Waals surface area contributed by atoms with E-state index < -0.39 is 11.6 Å². The van der Waals surface area contributed by atoms with Crippen LogP contribution in [0.1, 0.15) is 36.9 Å². The van der Waals surface area contributed by atoms with Gasteiger partial charge in [0.25, 0.3) is 0 Å². The van der Waals surface area contributed by atoms with Gasteiger partial charge in [-0.3, -0.25) is 0 Å². The van der Waals surface area contributed by atoms with Crippen LogP contribution in [0.4, 0.5) is 8.78 Å². The molecule has 3 heteroatoms.